The number of allylic oxidation sites excluding steroid dienone is 1. The van der Waals surface area contributed by atoms with Gasteiger partial charge in [0.2, 0.25) is 0 Å². The van der Waals surface area contributed by atoms with Crippen molar-refractivity contribution in [1.82, 2.24) is 10.6 Å². The molecule has 4 aromatic carbocycles. The lowest BCUT2D eigenvalue weighted by atomic mass is 9.78. The maximum absolute atomic E-state index is 11.9. The molecule has 0 radical (unpaired) electrons. The zero-order chi connectivity index (χ0) is 63.9. The van der Waals surface area contributed by atoms with Crippen molar-refractivity contribution in [3.63, 3.8) is 0 Å². The molecule has 0 atom stereocenters. The molecule has 464 valence electrons. The lowest BCUT2D eigenvalue weighted by Gasteiger charge is -2.28. The standard InChI is InChI=1S/C33H38Br4N2O10.C28H32N2O7/c1-19(2)29(40)46-9-7-38-31(42)48-13-11-44-27-23(34)15-21(16-24(27)35)33(5,6)22-17-25(36)28(26(37)18-22)45-12-14-49-32(43)39-8-10-47-30(41)20(3)4;1-19(2)21(5)34-14-16-36-27(32)29-24-10-6-22(7-11-24)18-23-8-12-25(13-9-23)30-28(33)37-17-15-35-26(31)20(3)4/h15-18H,1,3,7-14H2,2,4-6H3,(H,38,42)(H,39,43);6-13H,1,3,5,14-18H2,2,4H3,(H,29,32)(H,30,33). The minimum Gasteiger partial charge on any atom is -0.490 e. The van der Waals surface area contributed by atoms with E-state index < -0.39 is 47.7 Å². The third-order valence-electron chi connectivity index (χ3n) is 11.2. The van der Waals surface area contributed by atoms with Crippen LogP contribution < -0.4 is 30.7 Å². The number of hydrogen-bond donors (Lipinski definition) is 4. The predicted octanol–water partition coefficient (Wildman–Crippen LogP) is 13.1. The molecule has 4 aromatic rings. The number of carbonyl (C=O) groups is 7. The molecule has 4 N–H and O–H groups in total. The molecular formula is C61H70Br4N4O17. The number of carbonyl (C=O) groups excluding carboxylic acids is 7. The molecule has 4 rings (SSSR count). The Kier molecular flexibility index (Phi) is 31.9. The molecule has 0 fully saturated rings. The molecule has 0 aliphatic rings. The van der Waals surface area contributed by atoms with Gasteiger partial charge < -0.3 is 58.0 Å². The van der Waals surface area contributed by atoms with Gasteiger partial charge in [0.15, 0.2) is 0 Å². The molecule has 86 heavy (non-hydrogen) atoms. The number of amides is 4. The number of alkyl carbamates (subject to hydrolysis) is 2. The van der Waals surface area contributed by atoms with Gasteiger partial charge in [0.05, 0.1) is 31.0 Å². The van der Waals surface area contributed by atoms with E-state index in [-0.39, 0.29) is 95.9 Å². The number of esters is 3. The lowest BCUT2D eigenvalue weighted by molar-refractivity contribution is -0.140. The van der Waals surface area contributed by atoms with E-state index in [0.717, 1.165) is 22.3 Å². The van der Waals surface area contributed by atoms with Gasteiger partial charge in [-0.25, -0.2) is 33.6 Å². The summed E-state index contributed by atoms with van der Waals surface area (Å²) in [5, 5.41) is 10.2. The second-order valence-electron chi connectivity index (χ2n) is 18.9. The van der Waals surface area contributed by atoms with Crippen LogP contribution in [0.25, 0.3) is 0 Å². The summed E-state index contributed by atoms with van der Waals surface area (Å²) < 4.78 is 54.8. The highest BCUT2D eigenvalue weighted by Crippen LogP contribution is 2.44. The average molecular weight is 1450 g/mol. The third-order valence-corrected chi connectivity index (χ3v) is 13.6. The maximum Gasteiger partial charge on any atom is 0.411 e. The number of rotatable bonds is 31. The normalized spacial score (nSPS) is 10.4. The van der Waals surface area contributed by atoms with Gasteiger partial charge in [-0.3, -0.25) is 10.6 Å². The van der Waals surface area contributed by atoms with Crippen LogP contribution in [0.15, 0.2) is 152 Å². The number of hydrogen-bond acceptors (Lipinski definition) is 17. The molecular weight excluding hydrogens is 1380 g/mol. The Labute approximate surface area is 534 Å². The van der Waals surface area contributed by atoms with Crippen molar-refractivity contribution in [2.45, 2.75) is 53.4 Å². The molecule has 0 spiro atoms. The summed E-state index contributed by atoms with van der Waals surface area (Å²) in [7, 11) is 0. The summed E-state index contributed by atoms with van der Waals surface area (Å²) in [4.78, 5) is 81.5. The van der Waals surface area contributed by atoms with Gasteiger partial charge in [-0.15, -0.1) is 0 Å². The molecule has 0 aliphatic heterocycles. The first-order valence-electron chi connectivity index (χ1n) is 26.2. The zero-order valence-electron chi connectivity index (χ0n) is 48.6. The Balaban J connectivity index is 0.000000468. The molecule has 0 bridgehead atoms. The first kappa shape index (κ1) is 72.6. The molecule has 25 heteroatoms. The first-order chi connectivity index (χ1) is 40.7. The highest BCUT2D eigenvalue weighted by Gasteiger charge is 2.28. The number of ether oxygens (including phenoxy) is 10. The van der Waals surface area contributed by atoms with Crippen molar-refractivity contribution < 1.29 is 80.9 Å². The van der Waals surface area contributed by atoms with Crippen molar-refractivity contribution in [2.75, 3.05) is 89.8 Å². The van der Waals surface area contributed by atoms with E-state index in [1.165, 1.54) is 20.8 Å². The molecule has 0 unspecified atom stereocenters. The number of halogens is 4. The van der Waals surface area contributed by atoms with E-state index in [2.05, 4.69) is 132 Å². The van der Waals surface area contributed by atoms with Crippen LogP contribution in [-0.2, 0) is 64.1 Å². The number of anilines is 2. The molecule has 0 aliphatic carbocycles. The fourth-order valence-electron chi connectivity index (χ4n) is 6.55. The molecule has 0 aromatic heterocycles. The summed E-state index contributed by atoms with van der Waals surface area (Å²) in [6.07, 6.45) is -1.88. The van der Waals surface area contributed by atoms with Crippen molar-refractivity contribution in [3.8, 4) is 11.5 Å². The Morgan fingerprint density at radius 3 is 1.05 bits per heavy atom. The fraction of sp³-hybridized carbons (Fsp3) is 0.328. The average Bonchev–Trinajstić information content (AvgIpc) is 1.99. The summed E-state index contributed by atoms with van der Waals surface area (Å²) in [6.45, 7) is 29.0. The smallest absolute Gasteiger partial charge is 0.411 e. The monoisotopic (exact) mass is 1450 g/mol. The van der Waals surface area contributed by atoms with Crippen LogP contribution in [0.3, 0.4) is 0 Å². The second kappa shape index (κ2) is 37.7. The van der Waals surface area contributed by atoms with Crippen molar-refractivity contribution in [2.24, 2.45) is 0 Å². The van der Waals surface area contributed by atoms with Crippen molar-refractivity contribution >= 4 is 117 Å². The van der Waals surface area contributed by atoms with E-state index in [4.69, 9.17) is 47.4 Å². The van der Waals surface area contributed by atoms with Gasteiger partial charge in [-0.2, -0.15) is 0 Å². The predicted molar refractivity (Wildman–Crippen MR) is 338 cm³/mol. The molecule has 0 heterocycles. The minimum atomic E-state index is -0.660. The number of benzene rings is 4. The van der Waals surface area contributed by atoms with Crippen molar-refractivity contribution in [1.29, 1.82) is 0 Å². The van der Waals surface area contributed by atoms with Crippen LogP contribution in [0.4, 0.5) is 30.6 Å². The van der Waals surface area contributed by atoms with Crippen LogP contribution in [-0.4, -0.2) is 121 Å². The summed E-state index contributed by atoms with van der Waals surface area (Å²) in [6, 6.07) is 22.5. The summed E-state index contributed by atoms with van der Waals surface area (Å²) in [5.41, 5.74) is 6.28. The Morgan fingerprint density at radius 1 is 0.407 bits per heavy atom. The van der Waals surface area contributed by atoms with Crippen LogP contribution in [0.2, 0.25) is 0 Å². The van der Waals surface area contributed by atoms with Gasteiger partial charge in [-0.1, -0.05) is 71.0 Å². The van der Waals surface area contributed by atoms with Crippen LogP contribution in [0.1, 0.15) is 63.8 Å². The highest BCUT2D eigenvalue weighted by atomic mass is 79.9. The number of nitrogens with one attached hydrogen (secondary N) is 4. The highest BCUT2D eigenvalue weighted by molar-refractivity contribution is 9.11. The van der Waals surface area contributed by atoms with Gasteiger partial charge in [0.25, 0.3) is 0 Å². The van der Waals surface area contributed by atoms with Crippen LogP contribution in [0.5, 0.6) is 11.5 Å². The quantitative estimate of drug-likeness (QED) is 0.00911. The SMILES string of the molecule is C=C(C)C(=C)OCCOC(=O)Nc1ccc(Cc2ccc(NC(=O)OCCOC(=O)C(=C)C)cc2)cc1.C=C(C)C(=O)OCCNC(=O)OCCOc1c(Br)cc(C(C)(C)c2cc(Br)c(OCCOC(=O)NCCOC(=O)C(=C)C)c(Br)c2)cc1Br. The zero-order valence-corrected chi connectivity index (χ0v) is 55.0. The molecule has 4 amide bonds. The van der Waals surface area contributed by atoms with E-state index >= 15 is 0 Å². The second-order valence-corrected chi connectivity index (χ2v) is 22.3. The Morgan fingerprint density at radius 2 is 0.709 bits per heavy atom. The van der Waals surface area contributed by atoms with Crippen molar-refractivity contribution in [3.05, 3.63) is 174 Å². The maximum atomic E-state index is 11.9. The van der Waals surface area contributed by atoms with Crippen LogP contribution in [0, 0.1) is 0 Å². The van der Waals surface area contributed by atoms with Gasteiger partial charge in [0, 0.05) is 33.5 Å². The van der Waals surface area contributed by atoms with Crippen LogP contribution >= 0.6 is 63.7 Å². The lowest BCUT2D eigenvalue weighted by Crippen LogP contribution is -2.29. The Bertz CT molecular complexity index is 2830. The van der Waals surface area contributed by atoms with E-state index in [1.54, 1.807) is 31.2 Å². The topological polar surface area (TPSA) is 260 Å². The largest absolute Gasteiger partial charge is 0.490 e. The summed E-state index contributed by atoms with van der Waals surface area (Å²) >= 11 is 14.4. The van der Waals surface area contributed by atoms with Gasteiger partial charge in [-0.05, 0) is 174 Å². The first-order valence-corrected chi connectivity index (χ1v) is 29.4. The third kappa shape index (κ3) is 27.2. The van der Waals surface area contributed by atoms with E-state index in [9.17, 15) is 33.6 Å². The minimum absolute atomic E-state index is 0.00348. The van der Waals surface area contributed by atoms with Gasteiger partial charge >= 0.3 is 42.3 Å². The molecule has 0 saturated carbocycles. The van der Waals surface area contributed by atoms with E-state index in [0.29, 0.717) is 58.5 Å². The van der Waals surface area contributed by atoms with Gasteiger partial charge in [0.1, 0.15) is 83.3 Å². The molecule has 0 saturated heterocycles. The molecule has 21 nitrogen and oxygen atoms in total. The van der Waals surface area contributed by atoms with E-state index in [1.807, 2.05) is 48.5 Å². The summed E-state index contributed by atoms with van der Waals surface area (Å²) in [5.74, 6) is -0.0338. The Hall–Kier alpha value is -7.61. The fourth-order valence-corrected chi connectivity index (χ4v) is 9.38.